The number of hydrogen-bond acceptors (Lipinski definition) is 6. The fourth-order valence-corrected chi connectivity index (χ4v) is 6.91. The number of fused-ring (bicyclic) bond motifs is 2. The average molecular weight is 460 g/mol. The number of thioether (sulfide) groups is 1. The number of nitrogens with zero attached hydrogens (tertiary/aromatic N) is 2. The van der Waals surface area contributed by atoms with Crippen LogP contribution in [0.5, 0.6) is 11.5 Å². The summed E-state index contributed by atoms with van der Waals surface area (Å²) in [5, 5.41) is 2.88. The van der Waals surface area contributed by atoms with E-state index >= 15 is 0 Å². The van der Waals surface area contributed by atoms with Crippen molar-refractivity contribution in [2.24, 2.45) is 0 Å². The zero-order valence-electron chi connectivity index (χ0n) is 17.4. The number of carbonyl (C=O) groups is 1. The van der Waals surface area contributed by atoms with Gasteiger partial charge < -0.3 is 15.0 Å². The van der Waals surface area contributed by atoms with Crippen molar-refractivity contribution in [2.45, 2.75) is 24.7 Å². The second kappa shape index (κ2) is 8.03. The first-order valence-electron chi connectivity index (χ1n) is 10.5. The molecule has 0 saturated carbocycles. The number of benzene rings is 2. The van der Waals surface area contributed by atoms with E-state index in [4.69, 9.17) is 4.74 Å². The van der Waals surface area contributed by atoms with E-state index in [2.05, 4.69) is 10.2 Å². The zero-order chi connectivity index (χ0) is 21.6. The molecule has 0 unspecified atom stereocenters. The Hall–Kier alpha value is -2.23. The van der Waals surface area contributed by atoms with Crippen molar-refractivity contribution in [2.75, 3.05) is 47.9 Å². The highest BCUT2D eigenvalue weighted by molar-refractivity contribution is 7.99. The minimum Gasteiger partial charge on any atom is -0.454 e. The van der Waals surface area contributed by atoms with Crippen LogP contribution in [0, 0.1) is 6.92 Å². The molecule has 164 valence electrons. The van der Waals surface area contributed by atoms with Crippen molar-refractivity contribution < 1.29 is 17.9 Å². The molecule has 7 nitrogen and oxygen atoms in total. The van der Waals surface area contributed by atoms with Gasteiger partial charge in [-0.2, -0.15) is 16.1 Å². The molecule has 0 bridgehead atoms. The number of carbonyl (C=O) groups excluding carboxylic acids is 1. The summed E-state index contributed by atoms with van der Waals surface area (Å²) in [7, 11) is -3.71. The third-order valence-electron chi connectivity index (χ3n) is 5.94. The van der Waals surface area contributed by atoms with E-state index in [0.29, 0.717) is 36.0 Å². The molecule has 2 fully saturated rings. The summed E-state index contributed by atoms with van der Waals surface area (Å²) in [6, 6.07) is 8.85. The number of sulfonamides is 1. The van der Waals surface area contributed by atoms with Gasteiger partial charge in [0.25, 0.3) is 5.91 Å². The Bertz CT molecular complexity index is 1140. The maximum atomic E-state index is 13.6. The van der Waals surface area contributed by atoms with Gasteiger partial charge in [0.1, 0.15) is 10.6 Å². The van der Waals surface area contributed by atoms with Crippen molar-refractivity contribution in [3.05, 3.63) is 41.5 Å². The summed E-state index contributed by atoms with van der Waals surface area (Å²) < 4.78 is 34.8. The first kappa shape index (κ1) is 20.7. The summed E-state index contributed by atoms with van der Waals surface area (Å²) in [6.07, 6.45) is 1.72. The summed E-state index contributed by atoms with van der Waals surface area (Å²) in [5.74, 6) is 2.44. The van der Waals surface area contributed by atoms with Gasteiger partial charge in [0.05, 0.1) is 16.9 Å². The minimum atomic E-state index is -3.71. The summed E-state index contributed by atoms with van der Waals surface area (Å²) in [5.41, 5.74) is 2.44. The quantitative estimate of drug-likeness (QED) is 0.754. The molecule has 0 atom stereocenters. The standard InChI is InChI=1S/C22H25N3O4S2/c1-15-4-5-19-17(12-15)23-22(26)16-13-21(31(27,28)25-6-2-3-7-25)18(14-20(16)29-19)24-8-10-30-11-9-24/h4-5,12-14H,2-3,6-11H2,1H3,(H,23,26). The second-order valence-corrected chi connectivity index (χ2v) is 11.2. The van der Waals surface area contributed by atoms with Gasteiger partial charge in [0, 0.05) is 43.8 Å². The van der Waals surface area contributed by atoms with E-state index in [1.54, 1.807) is 6.07 Å². The third kappa shape index (κ3) is 3.79. The maximum absolute atomic E-state index is 13.6. The number of nitrogens with one attached hydrogen (secondary N) is 1. The highest BCUT2D eigenvalue weighted by atomic mass is 32.2. The van der Waals surface area contributed by atoms with Crippen LogP contribution in [0.15, 0.2) is 35.2 Å². The van der Waals surface area contributed by atoms with Crippen molar-refractivity contribution in [3.63, 3.8) is 0 Å². The highest BCUT2D eigenvalue weighted by Gasteiger charge is 2.34. The molecule has 3 aliphatic rings. The predicted octanol–water partition coefficient (Wildman–Crippen LogP) is 3.69. The van der Waals surface area contributed by atoms with Crippen LogP contribution >= 0.6 is 11.8 Å². The molecule has 5 rings (SSSR count). The Labute approximate surface area is 186 Å². The van der Waals surface area contributed by atoms with Crippen LogP contribution < -0.4 is 15.0 Å². The van der Waals surface area contributed by atoms with Gasteiger partial charge in [-0.1, -0.05) is 6.07 Å². The van der Waals surface area contributed by atoms with E-state index in [0.717, 1.165) is 43.0 Å². The Morgan fingerprint density at radius 1 is 1.00 bits per heavy atom. The van der Waals surface area contributed by atoms with E-state index < -0.39 is 10.0 Å². The van der Waals surface area contributed by atoms with E-state index in [9.17, 15) is 13.2 Å². The fraction of sp³-hybridized carbons (Fsp3) is 0.409. The molecule has 3 heterocycles. The van der Waals surface area contributed by atoms with Gasteiger partial charge in [0.15, 0.2) is 5.75 Å². The van der Waals surface area contributed by atoms with Crippen molar-refractivity contribution in [1.82, 2.24) is 4.31 Å². The number of rotatable bonds is 3. The fourth-order valence-electron chi connectivity index (χ4n) is 4.28. The number of aryl methyl sites for hydroxylation is 1. The van der Waals surface area contributed by atoms with Crippen LogP contribution in [-0.2, 0) is 10.0 Å². The molecule has 1 amide bonds. The molecule has 0 spiro atoms. The molecule has 3 aliphatic heterocycles. The Morgan fingerprint density at radius 2 is 1.74 bits per heavy atom. The first-order valence-corrected chi connectivity index (χ1v) is 13.1. The lowest BCUT2D eigenvalue weighted by molar-refractivity contribution is 0.102. The number of ether oxygens (including phenoxy) is 1. The maximum Gasteiger partial charge on any atom is 0.259 e. The van der Waals surface area contributed by atoms with E-state index in [-0.39, 0.29) is 16.4 Å². The van der Waals surface area contributed by atoms with Gasteiger partial charge in [0.2, 0.25) is 10.0 Å². The second-order valence-electron chi connectivity index (χ2n) is 8.08. The van der Waals surface area contributed by atoms with Gasteiger partial charge in [-0.25, -0.2) is 8.42 Å². The number of anilines is 2. The van der Waals surface area contributed by atoms with Gasteiger partial charge in [-0.05, 0) is 43.5 Å². The van der Waals surface area contributed by atoms with Crippen LogP contribution in [0.1, 0.15) is 28.8 Å². The molecular formula is C22H25N3O4S2. The number of hydrogen-bond donors (Lipinski definition) is 1. The molecular weight excluding hydrogens is 434 g/mol. The molecule has 2 saturated heterocycles. The summed E-state index contributed by atoms with van der Waals surface area (Å²) in [6.45, 7) is 4.49. The largest absolute Gasteiger partial charge is 0.454 e. The molecule has 0 aromatic heterocycles. The van der Waals surface area contributed by atoms with Crippen molar-refractivity contribution in [1.29, 1.82) is 0 Å². The van der Waals surface area contributed by atoms with E-state index in [1.165, 1.54) is 10.4 Å². The van der Waals surface area contributed by atoms with Crippen LogP contribution in [-0.4, -0.2) is 56.3 Å². The first-order chi connectivity index (χ1) is 14.9. The van der Waals surface area contributed by atoms with Crippen LogP contribution in [0.3, 0.4) is 0 Å². The molecule has 31 heavy (non-hydrogen) atoms. The molecule has 2 aromatic rings. The summed E-state index contributed by atoms with van der Waals surface area (Å²) >= 11 is 1.86. The van der Waals surface area contributed by atoms with Gasteiger partial charge in [-0.3, -0.25) is 4.79 Å². The number of amides is 1. The zero-order valence-corrected chi connectivity index (χ0v) is 19.0. The molecule has 9 heteroatoms. The third-order valence-corrected chi connectivity index (χ3v) is 8.81. The molecule has 1 N–H and O–H groups in total. The predicted molar refractivity (Wildman–Crippen MR) is 123 cm³/mol. The Morgan fingerprint density at radius 3 is 2.48 bits per heavy atom. The lowest BCUT2D eigenvalue weighted by atomic mass is 10.1. The van der Waals surface area contributed by atoms with Crippen molar-refractivity contribution >= 4 is 39.1 Å². The Kier molecular flexibility index (Phi) is 5.35. The highest BCUT2D eigenvalue weighted by Crippen LogP contribution is 2.42. The summed E-state index contributed by atoms with van der Waals surface area (Å²) in [4.78, 5) is 15.3. The average Bonchev–Trinajstić information content (AvgIpc) is 3.27. The Balaban J connectivity index is 1.66. The molecule has 0 radical (unpaired) electrons. The van der Waals surface area contributed by atoms with E-state index in [1.807, 2.05) is 36.9 Å². The van der Waals surface area contributed by atoms with Crippen molar-refractivity contribution in [3.8, 4) is 11.5 Å². The molecule has 0 aliphatic carbocycles. The van der Waals surface area contributed by atoms with Crippen LogP contribution in [0.4, 0.5) is 11.4 Å². The van der Waals surface area contributed by atoms with Gasteiger partial charge >= 0.3 is 0 Å². The lowest BCUT2D eigenvalue weighted by Crippen LogP contribution is -2.35. The molecule has 2 aromatic carbocycles. The smallest absolute Gasteiger partial charge is 0.259 e. The van der Waals surface area contributed by atoms with Gasteiger partial charge in [-0.15, -0.1) is 0 Å². The topological polar surface area (TPSA) is 79.0 Å². The lowest BCUT2D eigenvalue weighted by Gasteiger charge is -2.31. The SMILES string of the molecule is Cc1ccc2c(c1)NC(=O)c1cc(S(=O)(=O)N3CCCC3)c(N3CCSCC3)cc1O2. The normalized spacial score (nSPS) is 19.3. The van der Waals surface area contributed by atoms with Crippen LogP contribution in [0.25, 0.3) is 0 Å². The minimum absolute atomic E-state index is 0.195. The van der Waals surface area contributed by atoms with Crippen LogP contribution in [0.2, 0.25) is 0 Å². The monoisotopic (exact) mass is 459 g/mol.